The number of ketones is 1. The van der Waals surface area contributed by atoms with Gasteiger partial charge in [0, 0.05) is 14.0 Å². The molecule has 0 fully saturated rings. The summed E-state index contributed by atoms with van der Waals surface area (Å²) < 4.78 is 0. The lowest BCUT2D eigenvalue weighted by Gasteiger charge is -2.23. The van der Waals surface area contributed by atoms with Crippen molar-refractivity contribution in [3.63, 3.8) is 0 Å². The Morgan fingerprint density at radius 2 is 1.95 bits per heavy atom. The van der Waals surface area contributed by atoms with Crippen molar-refractivity contribution in [1.29, 1.82) is 0 Å². The van der Waals surface area contributed by atoms with Crippen molar-refractivity contribution in [1.82, 2.24) is 10.4 Å². The highest BCUT2D eigenvalue weighted by molar-refractivity contribution is 6.08. The highest BCUT2D eigenvalue weighted by Crippen LogP contribution is 2.03. The SMILES string of the molecule is CNN(C(C)=O)C([C]=O)C(=O)C=Cc1ccccc1. The van der Waals surface area contributed by atoms with E-state index in [-0.39, 0.29) is 0 Å². The predicted octanol–water partition coefficient (Wildman–Crippen LogP) is 0.730. The monoisotopic (exact) mass is 259 g/mol. The molecule has 1 rings (SSSR count). The van der Waals surface area contributed by atoms with E-state index in [1.165, 1.54) is 20.0 Å². The van der Waals surface area contributed by atoms with Gasteiger partial charge in [-0.05, 0) is 11.6 Å². The van der Waals surface area contributed by atoms with Crippen molar-refractivity contribution in [2.45, 2.75) is 13.0 Å². The zero-order chi connectivity index (χ0) is 14.3. The molecule has 1 radical (unpaired) electrons. The predicted molar refractivity (Wildman–Crippen MR) is 71.5 cm³/mol. The van der Waals surface area contributed by atoms with Crippen LogP contribution in [0.1, 0.15) is 12.5 Å². The summed E-state index contributed by atoms with van der Waals surface area (Å²) in [7, 11) is 1.46. The van der Waals surface area contributed by atoms with Gasteiger partial charge in [-0.25, -0.2) is 5.43 Å². The summed E-state index contributed by atoms with van der Waals surface area (Å²) >= 11 is 0. The minimum Gasteiger partial charge on any atom is -0.292 e. The van der Waals surface area contributed by atoms with E-state index in [4.69, 9.17) is 0 Å². The molecule has 0 saturated carbocycles. The standard InChI is InChI=1S/C14H15N2O3/c1-11(18)16(15-2)13(10-17)14(19)9-8-12-6-4-3-5-7-12/h3-9,13,15H,1-2H3. The van der Waals surface area contributed by atoms with E-state index in [2.05, 4.69) is 5.43 Å². The number of nitrogens with one attached hydrogen (secondary N) is 1. The molecule has 0 aliphatic rings. The molecule has 0 aliphatic carbocycles. The molecular weight excluding hydrogens is 244 g/mol. The molecule has 0 bridgehead atoms. The van der Waals surface area contributed by atoms with Gasteiger partial charge in [-0.3, -0.25) is 19.4 Å². The lowest BCUT2D eigenvalue weighted by atomic mass is 10.1. The first-order valence-electron chi connectivity index (χ1n) is 5.72. The molecule has 1 unspecified atom stereocenters. The number of carbonyl (C=O) groups excluding carboxylic acids is 3. The van der Waals surface area contributed by atoms with Crippen molar-refractivity contribution in [2.75, 3.05) is 7.05 Å². The van der Waals surface area contributed by atoms with Crippen LogP contribution in [0.15, 0.2) is 36.4 Å². The van der Waals surface area contributed by atoms with Crippen LogP contribution in [-0.2, 0) is 14.4 Å². The Balaban J connectivity index is 2.82. The largest absolute Gasteiger partial charge is 0.292 e. The molecule has 19 heavy (non-hydrogen) atoms. The topological polar surface area (TPSA) is 66.5 Å². The van der Waals surface area contributed by atoms with Crippen LogP contribution in [0.4, 0.5) is 0 Å². The molecule has 1 aromatic rings. The Bertz CT molecular complexity index is 483. The van der Waals surface area contributed by atoms with Crippen LogP contribution < -0.4 is 5.43 Å². The highest BCUT2D eigenvalue weighted by Gasteiger charge is 2.25. The van der Waals surface area contributed by atoms with Gasteiger partial charge in [0.15, 0.2) is 11.8 Å². The summed E-state index contributed by atoms with van der Waals surface area (Å²) in [5.41, 5.74) is 3.33. The minimum atomic E-state index is -1.28. The molecule has 0 aliphatic heterocycles. The van der Waals surface area contributed by atoms with E-state index >= 15 is 0 Å². The van der Waals surface area contributed by atoms with Gasteiger partial charge >= 0.3 is 0 Å². The van der Waals surface area contributed by atoms with Crippen molar-refractivity contribution in [3.8, 4) is 0 Å². The fourth-order valence-corrected chi connectivity index (χ4v) is 1.54. The van der Waals surface area contributed by atoms with Crippen molar-refractivity contribution in [3.05, 3.63) is 42.0 Å². The number of rotatable bonds is 6. The first kappa shape index (κ1) is 14.8. The fourth-order valence-electron chi connectivity index (χ4n) is 1.54. The van der Waals surface area contributed by atoms with Gasteiger partial charge in [0.2, 0.25) is 12.2 Å². The average Bonchev–Trinajstić information content (AvgIpc) is 2.42. The molecule has 1 aromatic carbocycles. The zero-order valence-electron chi connectivity index (χ0n) is 10.8. The van der Waals surface area contributed by atoms with Crippen LogP contribution >= 0.6 is 0 Å². The van der Waals surface area contributed by atoms with Crippen LogP contribution in [0.5, 0.6) is 0 Å². The Kier molecular flexibility index (Phi) is 5.63. The summed E-state index contributed by atoms with van der Waals surface area (Å²) in [5.74, 6) is -0.944. The molecule has 0 aromatic heterocycles. The van der Waals surface area contributed by atoms with Gasteiger partial charge in [0.05, 0.1) is 0 Å². The molecule has 1 N–H and O–H groups in total. The molecule has 5 nitrogen and oxygen atoms in total. The summed E-state index contributed by atoms with van der Waals surface area (Å²) in [6.07, 6.45) is 4.41. The summed E-state index contributed by atoms with van der Waals surface area (Å²) in [5, 5.41) is 0.935. The second-order valence-electron chi connectivity index (χ2n) is 3.78. The van der Waals surface area contributed by atoms with Crippen LogP contribution in [0, 0.1) is 0 Å². The molecule has 99 valence electrons. The number of hydrogen-bond acceptors (Lipinski definition) is 4. The van der Waals surface area contributed by atoms with Gasteiger partial charge in [0.25, 0.3) is 0 Å². The van der Waals surface area contributed by atoms with Crippen LogP contribution in [-0.4, -0.2) is 36.1 Å². The average molecular weight is 259 g/mol. The Morgan fingerprint density at radius 1 is 1.32 bits per heavy atom. The van der Waals surface area contributed by atoms with Crippen LogP contribution in [0.3, 0.4) is 0 Å². The lowest BCUT2D eigenvalue weighted by Crippen LogP contribution is -2.51. The normalized spacial score (nSPS) is 12.1. The number of nitrogens with zero attached hydrogens (tertiary/aromatic N) is 1. The first-order chi connectivity index (χ1) is 9.10. The smallest absolute Gasteiger partial charge is 0.234 e. The second-order valence-corrected chi connectivity index (χ2v) is 3.78. The third-order valence-corrected chi connectivity index (χ3v) is 2.46. The maximum atomic E-state index is 11.9. The van der Waals surface area contributed by atoms with Gasteiger partial charge in [-0.15, -0.1) is 0 Å². The molecule has 1 amide bonds. The van der Waals surface area contributed by atoms with E-state index in [9.17, 15) is 14.4 Å². The van der Waals surface area contributed by atoms with Gasteiger partial charge in [-0.2, -0.15) is 0 Å². The summed E-state index contributed by atoms with van der Waals surface area (Å²) in [4.78, 5) is 34.0. The number of hydrogen-bond donors (Lipinski definition) is 1. The van der Waals surface area contributed by atoms with E-state index in [1.807, 2.05) is 30.3 Å². The van der Waals surface area contributed by atoms with Crippen molar-refractivity contribution in [2.24, 2.45) is 0 Å². The van der Waals surface area contributed by atoms with Crippen LogP contribution in [0.2, 0.25) is 0 Å². The van der Waals surface area contributed by atoms with E-state index in [0.717, 1.165) is 10.6 Å². The molecular formula is C14H15N2O3. The van der Waals surface area contributed by atoms with E-state index < -0.39 is 17.7 Å². The third-order valence-electron chi connectivity index (χ3n) is 2.46. The van der Waals surface area contributed by atoms with Crippen molar-refractivity contribution < 1.29 is 14.4 Å². The fraction of sp³-hybridized carbons (Fsp3) is 0.214. The number of hydrazine groups is 1. The van der Waals surface area contributed by atoms with E-state index in [1.54, 1.807) is 12.4 Å². The Morgan fingerprint density at radius 3 is 2.42 bits per heavy atom. The molecule has 0 heterocycles. The molecule has 0 saturated heterocycles. The highest BCUT2D eigenvalue weighted by atomic mass is 16.2. The second kappa shape index (κ2) is 7.23. The summed E-state index contributed by atoms with van der Waals surface area (Å²) in [6, 6.07) is 7.91. The molecule has 0 spiro atoms. The molecule has 5 heteroatoms. The maximum Gasteiger partial charge on any atom is 0.234 e. The zero-order valence-corrected chi connectivity index (χ0v) is 10.8. The number of amides is 1. The first-order valence-corrected chi connectivity index (χ1v) is 5.72. The lowest BCUT2D eigenvalue weighted by molar-refractivity contribution is -0.137. The maximum absolute atomic E-state index is 11.9. The number of carbonyl (C=O) groups is 2. The van der Waals surface area contributed by atoms with Crippen molar-refractivity contribution >= 4 is 24.1 Å². The van der Waals surface area contributed by atoms with Crippen LogP contribution in [0.25, 0.3) is 6.08 Å². The third kappa shape index (κ3) is 4.15. The van der Waals surface area contributed by atoms with Gasteiger partial charge in [0.1, 0.15) is 0 Å². The minimum absolute atomic E-state index is 0.433. The summed E-state index contributed by atoms with van der Waals surface area (Å²) in [6.45, 7) is 1.26. The Hall–Kier alpha value is -2.27. The van der Waals surface area contributed by atoms with E-state index in [0.29, 0.717) is 0 Å². The van der Waals surface area contributed by atoms with Gasteiger partial charge < -0.3 is 0 Å². The number of benzene rings is 1. The van der Waals surface area contributed by atoms with Gasteiger partial charge in [-0.1, -0.05) is 36.4 Å². The Labute approximate surface area is 111 Å². The quantitative estimate of drug-likeness (QED) is 0.464. The molecule has 1 atom stereocenters.